The van der Waals surface area contributed by atoms with Gasteiger partial charge in [-0.05, 0) is 38.1 Å². The first-order valence-corrected chi connectivity index (χ1v) is 7.69. The fourth-order valence-corrected chi connectivity index (χ4v) is 2.86. The van der Waals surface area contributed by atoms with Crippen LogP contribution in [0, 0.1) is 18.3 Å². The molecule has 1 atom stereocenters. The first-order valence-electron chi connectivity index (χ1n) is 7.69. The van der Waals surface area contributed by atoms with Gasteiger partial charge in [0.05, 0.1) is 6.54 Å². The van der Waals surface area contributed by atoms with Crippen LogP contribution in [0.1, 0.15) is 45.6 Å². The highest BCUT2D eigenvalue weighted by Crippen LogP contribution is 2.33. The molecule has 0 bridgehead atoms. The zero-order valence-corrected chi connectivity index (χ0v) is 13.5. The van der Waals surface area contributed by atoms with E-state index in [1.54, 1.807) is 0 Å². The number of aromatic nitrogens is 2. The molecule has 1 fully saturated rings. The van der Waals surface area contributed by atoms with Crippen molar-refractivity contribution in [1.29, 1.82) is 0 Å². The van der Waals surface area contributed by atoms with Crippen molar-refractivity contribution in [3.8, 4) is 0 Å². The van der Waals surface area contributed by atoms with E-state index >= 15 is 0 Å². The van der Waals surface area contributed by atoms with Crippen molar-refractivity contribution in [1.82, 2.24) is 14.9 Å². The average Bonchev–Trinajstić information content (AvgIpc) is 2.76. The van der Waals surface area contributed by atoms with Gasteiger partial charge >= 0.3 is 0 Å². The van der Waals surface area contributed by atoms with Gasteiger partial charge in [-0.1, -0.05) is 20.8 Å². The monoisotopic (exact) mass is 276 g/mol. The molecule has 0 amide bonds. The van der Waals surface area contributed by atoms with E-state index in [0.29, 0.717) is 5.41 Å². The van der Waals surface area contributed by atoms with Crippen molar-refractivity contribution in [2.75, 3.05) is 25.0 Å². The molecule has 2 rings (SSSR count). The van der Waals surface area contributed by atoms with E-state index < -0.39 is 0 Å². The van der Waals surface area contributed by atoms with E-state index in [1.807, 2.05) is 13.0 Å². The van der Waals surface area contributed by atoms with Gasteiger partial charge in [-0.2, -0.15) is 0 Å². The Morgan fingerprint density at radius 3 is 2.70 bits per heavy atom. The van der Waals surface area contributed by atoms with Crippen LogP contribution in [-0.2, 0) is 6.54 Å². The van der Waals surface area contributed by atoms with Gasteiger partial charge in [0.1, 0.15) is 11.6 Å². The van der Waals surface area contributed by atoms with Crippen molar-refractivity contribution in [2.45, 2.75) is 47.6 Å². The zero-order valence-electron chi connectivity index (χ0n) is 13.5. The van der Waals surface area contributed by atoms with Gasteiger partial charge < -0.3 is 5.32 Å². The van der Waals surface area contributed by atoms with Crippen LogP contribution in [0.2, 0.25) is 0 Å². The highest BCUT2D eigenvalue weighted by atomic mass is 15.2. The molecular weight excluding hydrogens is 248 g/mol. The Hall–Kier alpha value is -1.16. The average molecular weight is 276 g/mol. The third-order valence-corrected chi connectivity index (χ3v) is 4.12. The van der Waals surface area contributed by atoms with Crippen molar-refractivity contribution in [2.24, 2.45) is 11.3 Å². The van der Waals surface area contributed by atoms with Crippen LogP contribution in [0.3, 0.4) is 0 Å². The molecule has 20 heavy (non-hydrogen) atoms. The van der Waals surface area contributed by atoms with Crippen LogP contribution in [0.5, 0.6) is 0 Å². The summed E-state index contributed by atoms with van der Waals surface area (Å²) in [5, 5.41) is 3.28. The van der Waals surface area contributed by atoms with Crippen LogP contribution in [0.25, 0.3) is 0 Å². The maximum absolute atomic E-state index is 4.61. The molecule has 4 heteroatoms. The Morgan fingerprint density at radius 2 is 2.10 bits per heavy atom. The lowest BCUT2D eigenvalue weighted by Crippen LogP contribution is -2.26. The molecule has 112 valence electrons. The Morgan fingerprint density at radius 1 is 1.35 bits per heavy atom. The van der Waals surface area contributed by atoms with Crippen molar-refractivity contribution in [3.05, 3.63) is 17.6 Å². The molecule has 0 spiro atoms. The molecule has 2 heterocycles. The van der Waals surface area contributed by atoms with Gasteiger partial charge in [0, 0.05) is 24.8 Å². The van der Waals surface area contributed by atoms with Crippen LogP contribution >= 0.6 is 0 Å². The van der Waals surface area contributed by atoms with Gasteiger partial charge in [0.25, 0.3) is 0 Å². The molecule has 1 saturated heterocycles. The molecule has 1 aliphatic heterocycles. The predicted octanol–water partition coefficient (Wildman–Crippen LogP) is 3.08. The number of rotatable bonds is 4. The van der Waals surface area contributed by atoms with Crippen LogP contribution < -0.4 is 5.32 Å². The first-order chi connectivity index (χ1) is 9.38. The molecule has 0 saturated carbocycles. The minimum absolute atomic E-state index is 0.400. The quantitative estimate of drug-likeness (QED) is 0.917. The molecule has 1 aromatic heterocycles. The summed E-state index contributed by atoms with van der Waals surface area (Å²) in [6.45, 7) is 15.2. The lowest BCUT2D eigenvalue weighted by atomic mass is 9.80. The van der Waals surface area contributed by atoms with E-state index in [1.165, 1.54) is 6.42 Å². The SMILES string of the molecule is CCNc1cc(C)nc(CN2CCC(C(C)(C)C)C2)n1. The lowest BCUT2D eigenvalue weighted by molar-refractivity contribution is 0.224. The fraction of sp³-hybridized carbons (Fsp3) is 0.750. The van der Waals surface area contributed by atoms with Crippen LogP contribution in [0.4, 0.5) is 5.82 Å². The Bertz CT molecular complexity index is 450. The number of nitrogens with one attached hydrogen (secondary N) is 1. The molecule has 4 nitrogen and oxygen atoms in total. The van der Waals surface area contributed by atoms with Crippen molar-refractivity contribution >= 4 is 5.82 Å². The summed E-state index contributed by atoms with van der Waals surface area (Å²) in [5.41, 5.74) is 1.44. The highest BCUT2D eigenvalue weighted by Gasteiger charge is 2.31. The Kier molecular flexibility index (Phi) is 4.63. The summed E-state index contributed by atoms with van der Waals surface area (Å²) in [6.07, 6.45) is 1.29. The van der Waals surface area contributed by atoms with Gasteiger partial charge in [-0.15, -0.1) is 0 Å². The second-order valence-electron chi connectivity index (χ2n) is 6.93. The maximum atomic E-state index is 4.61. The molecule has 1 unspecified atom stereocenters. The first kappa shape index (κ1) is 15.2. The summed E-state index contributed by atoms with van der Waals surface area (Å²) >= 11 is 0. The summed E-state index contributed by atoms with van der Waals surface area (Å²) < 4.78 is 0. The second-order valence-corrected chi connectivity index (χ2v) is 6.93. The largest absolute Gasteiger partial charge is 0.370 e. The van der Waals surface area contributed by atoms with E-state index in [0.717, 1.165) is 49.4 Å². The van der Waals surface area contributed by atoms with E-state index in [-0.39, 0.29) is 0 Å². The van der Waals surface area contributed by atoms with Gasteiger partial charge in [-0.3, -0.25) is 4.90 Å². The summed E-state index contributed by atoms with van der Waals surface area (Å²) in [7, 11) is 0. The van der Waals surface area contributed by atoms with Gasteiger partial charge in [0.2, 0.25) is 0 Å². The van der Waals surface area contributed by atoms with Gasteiger partial charge in [0.15, 0.2) is 0 Å². The minimum Gasteiger partial charge on any atom is -0.370 e. The minimum atomic E-state index is 0.400. The molecular formula is C16H28N4. The summed E-state index contributed by atoms with van der Waals surface area (Å²) in [5.74, 6) is 2.66. The number of likely N-dealkylation sites (tertiary alicyclic amines) is 1. The Labute approximate surface area is 123 Å². The van der Waals surface area contributed by atoms with E-state index in [9.17, 15) is 0 Å². The molecule has 1 N–H and O–H groups in total. The number of aryl methyl sites for hydroxylation is 1. The number of hydrogen-bond acceptors (Lipinski definition) is 4. The van der Waals surface area contributed by atoms with Crippen LogP contribution in [0.15, 0.2) is 6.07 Å². The fourth-order valence-electron chi connectivity index (χ4n) is 2.86. The molecule has 1 aliphatic rings. The third kappa shape index (κ3) is 3.92. The summed E-state index contributed by atoms with van der Waals surface area (Å²) in [4.78, 5) is 11.7. The number of hydrogen-bond donors (Lipinski definition) is 1. The standard InChI is InChI=1S/C16H28N4/c1-6-17-14-9-12(2)18-15(19-14)11-20-8-7-13(10-20)16(3,4)5/h9,13H,6-8,10-11H2,1-5H3,(H,17,18,19). The molecule has 0 aliphatic carbocycles. The summed E-state index contributed by atoms with van der Waals surface area (Å²) in [6, 6.07) is 2.01. The second kappa shape index (κ2) is 6.08. The number of anilines is 1. The van der Waals surface area contributed by atoms with Crippen molar-refractivity contribution in [3.63, 3.8) is 0 Å². The topological polar surface area (TPSA) is 41.1 Å². The third-order valence-electron chi connectivity index (χ3n) is 4.12. The normalized spacial score (nSPS) is 20.4. The Balaban J connectivity index is 2.01. The molecule has 1 aromatic rings. The molecule has 0 aromatic carbocycles. The van der Waals surface area contributed by atoms with Gasteiger partial charge in [-0.25, -0.2) is 9.97 Å². The smallest absolute Gasteiger partial charge is 0.144 e. The lowest BCUT2D eigenvalue weighted by Gasteiger charge is -2.27. The van der Waals surface area contributed by atoms with E-state index in [2.05, 4.69) is 47.9 Å². The zero-order chi connectivity index (χ0) is 14.8. The van der Waals surface area contributed by atoms with E-state index in [4.69, 9.17) is 0 Å². The molecule has 0 radical (unpaired) electrons. The highest BCUT2D eigenvalue weighted by molar-refractivity contribution is 5.35. The van der Waals surface area contributed by atoms with Crippen LogP contribution in [-0.4, -0.2) is 34.5 Å². The predicted molar refractivity (Wildman–Crippen MR) is 83.8 cm³/mol. The number of nitrogens with zero attached hydrogens (tertiary/aromatic N) is 3. The maximum Gasteiger partial charge on any atom is 0.144 e. The van der Waals surface area contributed by atoms with Crippen molar-refractivity contribution < 1.29 is 0 Å².